The first-order valence-corrected chi connectivity index (χ1v) is 10.2. The molecule has 0 aliphatic carbocycles. The van der Waals surface area contributed by atoms with Crippen LogP contribution in [0.1, 0.15) is 52.5 Å². The van der Waals surface area contributed by atoms with Crippen LogP contribution in [-0.4, -0.2) is 30.2 Å². The minimum Gasteiger partial charge on any atom is -0.454 e. The summed E-state index contributed by atoms with van der Waals surface area (Å²) >= 11 is 1.39. The van der Waals surface area contributed by atoms with E-state index in [-0.39, 0.29) is 18.0 Å². The van der Waals surface area contributed by atoms with Crippen molar-refractivity contribution in [3.05, 3.63) is 87.1 Å². The van der Waals surface area contributed by atoms with Gasteiger partial charge < -0.3 is 4.74 Å². The fourth-order valence-electron chi connectivity index (χ4n) is 3.17. The van der Waals surface area contributed by atoms with Crippen LogP contribution in [0.2, 0.25) is 0 Å². The van der Waals surface area contributed by atoms with E-state index in [0.29, 0.717) is 21.7 Å². The highest BCUT2D eigenvalue weighted by Crippen LogP contribution is 2.28. The van der Waals surface area contributed by atoms with Gasteiger partial charge in [0.2, 0.25) is 5.78 Å². The number of benzene rings is 2. The number of Topliss-reactive ketones (excluding diaryl/α,β-unsaturated/α-hetero) is 1. The van der Waals surface area contributed by atoms with Gasteiger partial charge in [-0.25, -0.2) is 9.69 Å². The average molecular weight is 419 g/mol. The number of esters is 1. The Balaban J connectivity index is 1.42. The first kappa shape index (κ1) is 19.7. The number of fused-ring (bicyclic) bond motifs is 1. The molecule has 7 heteroatoms. The highest BCUT2D eigenvalue weighted by atomic mass is 32.1. The average Bonchev–Trinajstić information content (AvgIpc) is 3.36. The van der Waals surface area contributed by atoms with Crippen LogP contribution in [-0.2, 0) is 11.2 Å². The maximum absolute atomic E-state index is 12.5. The van der Waals surface area contributed by atoms with Gasteiger partial charge in [-0.1, -0.05) is 19.1 Å². The Kier molecular flexibility index (Phi) is 5.29. The van der Waals surface area contributed by atoms with Crippen molar-refractivity contribution >= 4 is 40.6 Å². The molecule has 150 valence electrons. The van der Waals surface area contributed by atoms with Crippen molar-refractivity contribution in [2.24, 2.45) is 0 Å². The largest absolute Gasteiger partial charge is 0.454 e. The quantitative estimate of drug-likeness (QED) is 0.341. The van der Waals surface area contributed by atoms with Crippen LogP contribution in [0.25, 0.3) is 0 Å². The van der Waals surface area contributed by atoms with Crippen LogP contribution >= 0.6 is 11.3 Å². The van der Waals surface area contributed by atoms with E-state index in [1.165, 1.54) is 35.6 Å². The van der Waals surface area contributed by atoms with Crippen molar-refractivity contribution in [1.29, 1.82) is 0 Å². The van der Waals surface area contributed by atoms with Crippen molar-refractivity contribution in [3.8, 4) is 0 Å². The second-order valence-electron chi connectivity index (χ2n) is 6.66. The van der Waals surface area contributed by atoms with Crippen LogP contribution in [0, 0.1) is 0 Å². The SMILES string of the molecule is CCc1ccc(C(=O)COC(=O)c2ccc(N3C(=O)c4ccccc4C3=O)cc2)s1. The van der Waals surface area contributed by atoms with Crippen LogP contribution in [0.15, 0.2) is 60.7 Å². The van der Waals surface area contributed by atoms with Gasteiger partial charge in [0.1, 0.15) is 0 Å². The summed E-state index contributed by atoms with van der Waals surface area (Å²) in [7, 11) is 0. The molecule has 0 unspecified atom stereocenters. The maximum atomic E-state index is 12.5. The van der Waals surface area contributed by atoms with E-state index in [0.717, 1.165) is 16.2 Å². The molecule has 2 amide bonds. The normalized spacial score (nSPS) is 12.8. The third kappa shape index (κ3) is 3.55. The molecule has 0 bridgehead atoms. The predicted molar refractivity (Wildman–Crippen MR) is 112 cm³/mol. The van der Waals surface area contributed by atoms with E-state index >= 15 is 0 Å². The van der Waals surface area contributed by atoms with E-state index in [9.17, 15) is 19.2 Å². The fraction of sp³-hybridized carbons (Fsp3) is 0.130. The summed E-state index contributed by atoms with van der Waals surface area (Å²) in [5.41, 5.74) is 1.29. The predicted octanol–water partition coefficient (Wildman–Crippen LogP) is 4.15. The number of imide groups is 1. The Morgan fingerprint density at radius 2 is 1.53 bits per heavy atom. The molecule has 0 atom stereocenters. The zero-order valence-electron chi connectivity index (χ0n) is 16.1. The third-order valence-electron chi connectivity index (χ3n) is 4.77. The number of carbonyl (C=O) groups is 4. The highest BCUT2D eigenvalue weighted by molar-refractivity contribution is 7.14. The second kappa shape index (κ2) is 8.04. The molecular formula is C23H17NO5S. The lowest BCUT2D eigenvalue weighted by Gasteiger charge is -2.14. The molecule has 4 rings (SSSR count). The van der Waals surface area contributed by atoms with Gasteiger partial charge >= 0.3 is 5.97 Å². The minimum absolute atomic E-state index is 0.226. The molecule has 0 saturated carbocycles. The Hall–Kier alpha value is -3.58. The molecule has 0 saturated heterocycles. The lowest BCUT2D eigenvalue weighted by molar-refractivity contribution is 0.0476. The van der Waals surface area contributed by atoms with E-state index in [2.05, 4.69) is 0 Å². The first-order valence-electron chi connectivity index (χ1n) is 9.36. The number of aryl methyl sites for hydroxylation is 1. The molecule has 1 aliphatic heterocycles. The Labute approximate surface area is 176 Å². The molecule has 0 radical (unpaired) electrons. The Morgan fingerprint density at radius 1 is 0.900 bits per heavy atom. The molecule has 2 aromatic carbocycles. The molecule has 1 aliphatic rings. The second-order valence-corrected chi connectivity index (χ2v) is 7.83. The van der Waals surface area contributed by atoms with E-state index in [4.69, 9.17) is 4.74 Å². The van der Waals surface area contributed by atoms with Crippen molar-refractivity contribution in [1.82, 2.24) is 0 Å². The summed E-state index contributed by atoms with van der Waals surface area (Å²) in [5, 5.41) is 0. The number of carbonyl (C=O) groups excluding carboxylic acids is 4. The van der Waals surface area contributed by atoms with Crippen molar-refractivity contribution in [2.75, 3.05) is 11.5 Å². The molecule has 30 heavy (non-hydrogen) atoms. The smallest absolute Gasteiger partial charge is 0.338 e. The van der Waals surface area contributed by atoms with E-state index in [1.54, 1.807) is 30.3 Å². The number of hydrogen-bond donors (Lipinski definition) is 0. The van der Waals surface area contributed by atoms with Crippen LogP contribution < -0.4 is 4.90 Å². The summed E-state index contributed by atoms with van der Waals surface area (Å²) < 4.78 is 5.12. The molecule has 0 N–H and O–H groups in total. The van der Waals surface area contributed by atoms with Gasteiger partial charge in [-0.2, -0.15) is 0 Å². The van der Waals surface area contributed by atoms with Crippen LogP contribution in [0.4, 0.5) is 5.69 Å². The lowest BCUT2D eigenvalue weighted by atomic mass is 10.1. The number of ether oxygens (including phenoxy) is 1. The summed E-state index contributed by atoms with van der Waals surface area (Å²) in [6.07, 6.45) is 0.844. The van der Waals surface area contributed by atoms with Gasteiger partial charge in [-0.05, 0) is 55.0 Å². The molecular weight excluding hydrogens is 402 g/mol. The van der Waals surface area contributed by atoms with Gasteiger partial charge in [0.05, 0.1) is 27.3 Å². The number of thiophene rings is 1. The van der Waals surface area contributed by atoms with E-state index in [1.807, 2.05) is 13.0 Å². The maximum Gasteiger partial charge on any atom is 0.338 e. The number of rotatable bonds is 6. The summed E-state index contributed by atoms with van der Waals surface area (Å²) in [6, 6.07) is 16.2. The molecule has 3 aromatic rings. The van der Waals surface area contributed by atoms with E-state index < -0.39 is 17.8 Å². The molecule has 6 nitrogen and oxygen atoms in total. The van der Waals surface area contributed by atoms with Crippen LogP contribution in [0.5, 0.6) is 0 Å². The molecule has 0 fully saturated rings. The molecule has 0 spiro atoms. The zero-order chi connectivity index (χ0) is 21.3. The molecule has 1 aromatic heterocycles. The number of nitrogens with zero attached hydrogens (tertiary/aromatic N) is 1. The van der Waals surface area contributed by atoms with Gasteiger partial charge in [0, 0.05) is 4.88 Å². The standard InChI is InChI=1S/C23H17NO5S/c1-2-16-11-12-20(30-16)19(25)13-29-23(28)14-7-9-15(10-8-14)24-21(26)17-5-3-4-6-18(17)22(24)27/h3-12H,2,13H2,1H3. The minimum atomic E-state index is -0.649. The number of ketones is 1. The number of hydrogen-bond acceptors (Lipinski definition) is 6. The third-order valence-corrected chi connectivity index (χ3v) is 6.05. The van der Waals surface area contributed by atoms with Gasteiger partial charge in [-0.3, -0.25) is 14.4 Å². The summed E-state index contributed by atoms with van der Waals surface area (Å²) in [6.45, 7) is 1.66. The van der Waals surface area contributed by atoms with Crippen molar-refractivity contribution in [3.63, 3.8) is 0 Å². The zero-order valence-corrected chi connectivity index (χ0v) is 16.9. The van der Waals surface area contributed by atoms with Crippen molar-refractivity contribution in [2.45, 2.75) is 13.3 Å². The van der Waals surface area contributed by atoms with Crippen LogP contribution in [0.3, 0.4) is 0 Å². The first-order chi connectivity index (χ1) is 14.5. The Bertz CT molecular complexity index is 1130. The monoisotopic (exact) mass is 419 g/mol. The summed E-state index contributed by atoms with van der Waals surface area (Å²) in [5.74, 6) is -1.71. The summed E-state index contributed by atoms with van der Waals surface area (Å²) in [4.78, 5) is 52.2. The highest BCUT2D eigenvalue weighted by Gasteiger charge is 2.36. The van der Waals surface area contributed by atoms with Crippen molar-refractivity contribution < 1.29 is 23.9 Å². The number of amides is 2. The lowest BCUT2D eigenvalue weighted by Crippen LogP contribution is -2.29. The van der Waals surface area contributed by atoms with Gasteiger partial charge in [0.25, 0.3) is 11.8 Å². The fourth-order valence-corrected chi connectivity index (χ4v) is 4.05. The molecule has 2 heterocycles. The number of anilines is 1. The topological polar surface area (TPSA) is 80.8 Å². The van der Waals surface area contributed by atoms with Gasteiger partial charge in [-0.15, -0.1) is 11.3 Å². The van der Waals surface area contributed by atoms with Gasteiger partial charge in [0.15, 0.2) is 6.61 Å². The Morgan fingerprint density at radius 3 is 2.10 bits per heavy atom.